The van der Waals surface area contributed by atoms with Crippen LogP contribution in [0.15, 0.2) is 28.5 Å². The fourth-order valence-electron chi connectivity index (χ4n) is 3.17. The van der Waals surface area contributed by atoms with Crippen molar-refractivity contribution in [1.29, 1.82) is 0 Å². The number of piperidine rings is 1. The molecule has 0 aliphatic carbocycles. The molecule has 0 N–H and O–H groups in total. The van der Waals surface area contributed by atoms with Crippen LogP contribution in [-0.2, 0) is 0 Å². The van der Waals surface area contributed by atoms with Gasteiger partial charge < -0.3 is 0 Å². The number of terminal acetylenes is 1. The van der Waals surface area contributed by atoms with Gasteiger partial charge in [-0.25, -0.2) is 0 Å². The van der Waals surface area contributed by atoms with E-state index in [-0.39, 0.29) is 11.1 Å². The molecule has 0 spiro atoms. The van der Waals surface area contributed by atoms with Crippen LogP contribution in [0.1, 0.15) is 58.1 Å². The van der Waals surface area contributed by atoms with Gasteiger partial charge in [0.05, 0.1) is 16.6 Å². The van der Waals surface area contributed by atoms with Gasteiger partial charge in [0.15, 0.2) is 0 Å². The summed E-state index contributed by atoms with van der Waals surface area (Å²) < 4.78 is 0. The molecule has 0 atom stereocenters. The van der Waals surface area contributed by atoms with E-state index in [1.165, 1.54) is 6.42 Å². The first kappa shape index (κ1) is 15.6. The smallest absolute Gasteiger partial charge is 0.103 e. The van der Waals surface area contributed by atoms with Gasteiger partial charge in [-0.2, -0.15) is 0 Å². The number of benzene rings is 1. The van der Waals surface area contributed by atoms with Crippen LogP contribution in [0.25, 0.3) is 0 Å². The van der Waals surface area contributed by atoms with E-state index in [9.17, 15) is 0 Å². The molecule has 1 saturated heterocycles. The third-order valence-electron chi connectivity index (χ3n) is 4.27. The highest BCUT2D eigenvalue weighted by atomic mass is 15.6. The zero-order valence-electron chi connectivity index (χ0n) is 13.8. The van der Waals surface area contributed by atoms with E-state index < -0.39 is 0 Å². The molecule has 0 saturated carbocycles. The molecule has 0 aromatic heterocycles. The molecule has 0 amide bonds. The predicted octanol–water partition coefficient (Wildman–Crippen LogP) is 5.02. The van der Waals surface area contributed by atoms with Crippen LogP contribution >= 0.6 is 0 Å². The lowest BCUT2D eigenvalue weighted by atomic mass is 9.82. The molecule has 3 nitrogen and oxygen atoms in total. The van der Waals surface area contributed by atoms with Gasteiger partial charge in [0.25, 0.3) is 0 Å². The van der Waals surface area contributed by atoms with Crippen molar-refractivity contribution < 1.29 is 0 Å². The summed E-state index contributed by atoms with van der Waals surface area (Å²) in [6.07, 6.45) is 9.06. The number of aryl methyl sites for hydroxylation is 1. The van der Waals surface area contributed by atoms with Crippen molar-refractivity contribution in [2.45, 2.75) is 65.0 Å². The first-order valence-corrected chi connectivity index (χ1v) is 7.55. The van der Waals surface area contributed by atoms with Gasteiger partial charge in [-0.1, -0.05) is 17.2 Å². The fourth-order valence-corrected chi connectivity index (χ4v) is 3.17. The van der Waals surface area contributed by atoms with E-state index in [0.29, 0.717) is 0 Å². The van der Waals surface area contributed by atoms with Crippen molar-refractivity contribution in [3.05, 3.63) is 29.3 Å². The number of hydrogen-bond donors (Lipinski definition) is 0. The minimum atomic E-state index is 0.0201. The molecule has 21 heavy (non-hydrogen) atoms. The third kappa shape index (κ3) is 3.26. The molecular weight excluding hydrogens is 258 g/mol. The molecule has 0 unspecified atom stereocenters. The summed E-state index contributed by atoms with van der Waals surface area (Å²) in [6.45, 7) is 10.9. The summed E-state index contributed by atoms with van der Waals surface area (Å²) in [5, 5.41) is 11.1. The van der Waals surface area contributed by atoms with Gasteiger partial charge in [0, 0.05) is 0 Å². The first-order chi connectivity index (χ1) is 9.76. The topological polar surface area (TPSA) is 28.0 Å². The molecule has 3 heteroatoms. The average molecular weight is 283 g/mol. The molecule has 1 aromatic rings. The van der Waals surface area contributed by atoms with Crippen LogP contribution < -0.4 is 0 Å². The van der Waals surface area contributed by atoms with Crippen molar-refractivity contribution in [1.82, 2.24) is 5.01 Å². The van der Waals surface area contributed by atoms with Gasteiger partial charge in [0.1, 0.15) is 5.69 Å². The molecule has 0 bridgehead atoms. The molecule has 112 valence electrons. The van der Waals surface area contributed by atoms with E-state index >= 15 is 0 Å². The van der Waals surface area contributed by atoms with Gasteiger partial charge in [-0.05, 0) is 71.6 Å². The quantitative estimate of drug-likeness (QED) is 0.553. The third-order valence-corrected chi connectivity index (χ3v) is 4.27. The minimum Gasteiger partial charge on any atom is -0.267 e. The van der Waals surface area contributed by atoms with Crippen molar-refractivity contribution in [2.24, 2.45) is 10.3 Å². The summed E-state index contributed by atoms with van der Waals surface area (Å²) in [6, 6.07) is 5.93. The Labute approximate surface area is 128 Å². The molecule has 1 aliphatic rings. The Morgan fingerprint density at radius 2 is 1.76 bits per heavy atom. The van der Waals surface area contributed by atoms with E-state index in [1.807, 2.05) is 25.1 Å². The molecule has 0 radical (unpaired) electrons. The molecule has 1 heterocycles. The Kier molecular flexibility index (Phi) is 4.09. The number of rotatable bonds is 2. The Morgan fingerprint density at radius 1 is 1.14 bits per heavy atom. The highest BCUT2D eigenvalue weighted by molar-refractivity contribution is 5.55. The monoisotopic (exact) mass is 283 g/mol. The summed E-state index contributed by atoms with van der Waals surface area (Å²) in [5.41, 5.74) is 2.74. The largest absolute Gasteiger partial charge is 0.267 e. The summed E-state index contributed by atoms with van der Waals surface area (Å²) in [7, 11) is 0. The predicted molar refractivity (Wildman–Crippen MR) is 87.5 cm³/mol. The van der Waals surface area contributed by atoms with E-state index in [2.05, 4.69) is 49.0 Å². The van der Waals surface area contributed by atoms with Crippen LogP contribution in [0.3, 0.4) is 0 Å². The maximum Gasteiger partial charge on any atom is 0.103 e. The molecule has 1 aromatic carbocycles. The number of hydrogen-bond acceptors (Lipinski definition) is 2. The SMILES string of the molecule is C#Cc1cc(C)ccc1/N=N/N1C(C)(C)CCCC1(C)C. The van der Waals surface area contributed by atoms with Gasteiger partial charge >= 0.3 is 0 Å². The molecule has 2 rings (SSSR count). The number of nitrogens with zero attached hydrogens (tertiary/aromatic N) is 3. The summed E-state index contributed by atoms with van der Waals surface area (Å²) in [5.74, 6) is 2.69. The maximum atomic E-state index is 5.57. The summed E-state index contributed by atoms with van der Waals surface area (Å²) >= 11 is 0. The molecular formula is C18H25N3. The van der Waals surface area contributed by atoms with Crippen LogP contribution in [0.4, 0.5) is 5.69 Å². The lowest BCUT2D eigenvalue weighted by Crippen LogP contribution is -2.55. The Morgan fingerprint density at radius 3 is 2.33 bits per heavy atom. The van der Waals surface area contributed by atoms with Gasteiger partial charge in [-0.3, -0.25) is 5.01 Å². The van der Waals surface area contributed by atoms with E-state index in [4.69, 9.17) is 6.42 Å². The zero-order valence-corrected chi connectivity index (χ0v) is 13.8. The maximum absolute atomic E-state index is 5.57. The second kappa shape index (κ2) is 5.52. The Hall–Kier alpha value is -1.82. The van der Waals surface area contributed by atoms with Crippen molar-refractivity contribution in [3.8, 4) is 12.3 Å². The van der Waals surface area contributed by atoms with Crippen molar-refractivity contribution in [2.75, 3.05) is 0 Å². The Balaban J connectivity index is 2.33. The molecule has 1 fully saturated rings. The van der Waals surface area contributed by atoms with Crippen LogP contribution in [0, 0.1) is 19.3 Å². The standard InChI is InChI=1S/C18H25N3/c1-7-15-13-14(2)9-10-16(15)19-20-21-17(3,4)11-8-12-18(21,5)6/h1,9-10,13H,8,11-12H2,2-6H3/b20-19+. The average Bonchev–Trinajstić information content (AvgIpc) is 2.38. The highest BCUT2D eigenvalue weighted by Crippen LogP contribution is 2.39. The molecule has 1 aliphatic heterocycles. The normalized spacial score (nSPS) is 20.5. The second-order valence-corrected chi connectivity index (χ2v) is 7.14. The second-order valence-electron chi connectivity index (χ2n) is 7.14. The lowest BCUT2D eigenvalue weighted by Gasteiger charge is -2.50. The lowest BCUT2D eigenvalue weighted by molar-refractivity contribution is -0.0318. The van der Waals surface area contributed by atoms with Crippen molar-refractivity contribution >= 4 is 5.69 Å². The van der Waals surface area contributed by atoms with Crippen LogP contribution in [0.5, 0.6) is 0 Å². The zero-order chi connectivity index (χ0) is 15.7. The highest BCUT2D eigenvalue weighted by Gasteiger charge is 2.41. The first-order valence-electron chi connectivity index (χ1n) is 7.55. The van der Waals surface area contributed by atoms with E-state index in [1.54, 1.807) is 0 Å². The minimum absolute atomic E-state index is 0.0201. The van der Waals surface area contributed by atoms with Crippen LogP contribution in [-0.4, -0.2) is 16.1 Å². The van der Waals surface area contributed by atoms with Gasteiger partial charge in [0.2, 0.25) is 0 Å². The summed E-state index contributed by atoms with van der Waals surface area (Å²) in [4.78, 5) is 0. The Bertz CT molecular complexity index is 575. The fraction of sp³-hybridized carbons (Fsp3) is 0.556. The van der Waals surface area contributed by atoms with Gasteiger partial charge in [-0.15, -0.1) is 11.5 Å². The van der Waals surface area contributed by atoms with E-state index in [0.717, 1.165) is 29.7 Å². The van der Waals surface area contributed by atoms with Crippen LogP contribution in [0.2, 0.25) is 0 Å². The van der Waals surface area contributed by atoms with Crippen molar-refractivity contribution in [3.63, 3.8) is 0 Å².